The van der Waals surface area contributed by atoms with Crippen LogP contribution >= 0.6 is 0 Å². The molecule has 0 aliphatic carbocycles. The van der Waals surface area contributed by atoms with Gasteiger partial charge in [-0.25, -0.2) is 0 Å². The summed E-state index contributed by atoms with van der Waals surface area (Å²) < 4.78 is 15.1. The van der Waals surface area contributed by atoms with Crippen LogP contribution < -0.4 is 9.47 Å². The molecule has 0 amide bonds. The van der Waals surface area contributed by atoms with Crippen LogP contribution in [0.3, 0.4) is 0 Å². The van der Waals surface area contributed by atoms with Crippen LogP contribution in [0.5, 0.6) is 11.5 Å². The van der Waals surface area contributed by atoms with Gasteiger partial charge in [0.05, 0.1) is 21.3 Å². The first kappa shape index (κ1) is 16.3. The minimum atomic E-state index is -0.123. The summed E-state index contributed by atoms with van der Waals surface area (Å²) >= 11 is 0. The molecule has 0 fully saturated rings. The number of hydrogen-bond acceptors (Lipinski definition) is 4. The lowest BCUT2D eigenvalue weighted by Crippen LogP contribution is -1.99. The zero-order valence-corrected chi connectivity index (χ0v) is 12.6. The first-order chi connectivity index (χ1) is 9.69. The molecule has 0 N–H and O–H groups in total. The Labute approximate surface area is 121 Å². The second-order valence-electron chi connectivity index (χ2n) is 4.71. The van der Waals surface area contributed by atoms with E-state index in [0.29, 0.717) is 6.42 Å². The lowest BCUT2D eigenvalue weighted by atomic mass is 10.0. The Bertz CT molecular complexity index is 393. The van der Waals surface area contributed by atoms with Crippen molar-refractivity contribution in [2.45, 2.75) is 38.5 Å². The van der Waals surface area contributed by atoms with Crippen molar-refractivity contribution in [1.82, 2.24) is 0 Å². The van der Waals surface area contributed by atoms with Crippen LogP contribution in [0.2, 0.25) is 0 Å². The average Bonchev–Trinajstić information content (AvgIpc) is 2.49. The van der Waals surface area contributed by atoms with Gasteiger partial charge in [-0.2, -0.15) is 0 Å². The van der Waals surface area contributed by atoms with E-state index in [9.17, 15) is 4.79 Å². The van der Waals surface area contributed by atoms with Crippen molar-refractivity contribution in [3.63, 3.8) is 0 Å². The summed E-state index contributed by atoms with van der Waals surface area (Å²) in [5.41, 5.74) is 1.22. The largest absolute Gasteiger partial charge is 0.497 e. The van der Waals surface area contributed by atoms with Gasteiger partial charge < -0.3 is 14.2 Å². The molecule has 0 atom stereocenters. The monoisotopic (exact) mass is 280 g/mol. The van der Waals surface area contributed by atoms with E-state index >= 15 is 0 Å². The highest BCUT2D eigenvalue weighted by atomic mass is 16.5. The number of carbonyl (C=O) groups excluding carboxylic acids is 1. The van der Waals surface area contributed by atoms with Gasteiger partial charge in [0.1, 0.15) is 11.5 Å². The smallest absolute Gasteiger partial charge is 0.305 e. The molecule has 0 saturated heterocycles. The molecule has 112 valence electrons. The van der Waals surface area contributed by atoms with Crippen molar-refractivity contribution in [2.75, 3.05) is 21.3 Å². The van der Waals surface area contributed by atoms with Crippen molar-refractivity contribution in [1.29, 1.82) is 0 Å². The van der Waals surface area contributed by atoms with Crippen molar-refractivity contribution in [3.8, 4) is 11.5 Å². The van der Waals surface area contributed by atoms with E-state index in [2.05, 4.69) is 4.74 Å². The van der Waals surface area contributed by atoms with Crippen LogP contribution in [0.1, 0.15) is 37.7 Å². The zero-order chi connectivity index (χ0) is 14.8. The lowest BCUT2D eigenvalue weighted by Gasteiger charge is -2.08. The number of carbonyl (C=O) groups is 1. The highest BCUT2D eigenvalue weighted by molar-refractivity contribution is 5.68. The molecule has 0 aromatic heterocycles. The van der Waals surface area contributed by atoms with E-state index in [0.717, 1.165) is 43.6 Å². The fraction of sp³-hybridized carbons (Fsp3) is 0.562. The minimum absolute atomic E-state index is 0.123. The van der Waals surface area contributed by atoms with Crippen molar-refractivity contribution < 1.29 is 19.0 Å². The Kier molecular flexibility index (Phi) is 7.55. The Morgan fingerprint density at radius 1 is 0.900 bits per heavy atom. The highest BCUT2D eigenvalue weighted by Crippen LogP contribution is 2.23. The molecule has 0 spiro atoms. The Balaban J connectivity index is 2.29. The normalized spacial score (nSPS) is 10.2. The van der Waals surface area contributed by atoms with Crippen LogP contribution in [0.15, 0.2) is 18.2 Å². The molecule has 1 aromatic rings. The summed E-state index contributed by atoms with van der Waals surface area (Å²) in [6.45, 7) is 0. The summed E-state index contributed by atoms with van der Waals surface area (Å²) in [6.07, 6.45) is 5.66. The molecule has 1 rings (SSSR count). The lowest BCUT2D eigenvalue weighted by molar-refractivity contribution is -0.140. The van der Waals surface area contributed by atoms with E-state index in [1.165, 1.54) is 12.7 Å². The Morgan fingerprint density at radius 3 is 2.05 bits per heavy atom. The fourth-order valence-electron chi connectivity index (χ4n) is 2.06. The molecule has 20 heavy (non-hydrogen) atoms. The number of methoxy groups -OCH3 is 3. The van der Waals surface area contributed by atoms with Crippen LogP contribution in [-0.4, -0.2) is 27.3 Å². The average molecular weight is 280 g/mol. The van der Waals surface area contributed by atoms with Crippen LogP contribution in [0.25, 0.3) is 0 Å². The molecule has 0 unspecified atom stereocenters. The molecular weight excluding hydrogens is 256 g/mol. The maximum absolute atomic E-state index is 11.0. The van der Waals surface area contributed by atoms with Gasteiger partial charge in [-0.3, -0.25) is 4.79 Å². The van der Waals surface area contributed by atoms with Crippen molar-refractivity contribution in [2.24, 2.45) is 0 Å². The van der Waals surface area contributed by atoms with Gasteiger partial charge in [0.25, 0.3) is 0 Å². The SMILES string of the molecule is COC(=O)CCCCCCc1cc(OC)cc(OC)c1. The molecule has 1 aromatic carbocycles. The van der Waals surface area contributed by atoms with Crippen LogP contribution in [-0.2, 0) is 16.0 Å². The van der Waals surface area contributed by atoms with Gasteiger partial charge in [-0.1, -0.05) is 12.8 Å². The molecule has 0 saturated carbocycles. The standard InChI is InChI=1S/C16H24O4/c1-18-14-10-13(11-15(12-14)19-2)8-6-4-5-7-9-16(17)20-3/h10-12H,4-9H2,1-3H3. The van der Waals surface area contributed by atoms with Crippen molar-refractivity contribution in [3.05, 3.63) is 23.8 Å². The van der Waals surface area contributed by atoms with Crippen LogP contribution in [0, 0.1) is 0 Å². The van der Waals surface area contributed by atoms with Gasteiger partial charge in [-0.15, -0.1) is 0 Å². The summed E-state index contributed by atoms with van der Waals surface area (Å²) in [6, 6.07) is 5.95. The molecule has 0 aliphatic rings. The number of unbranched alkanes of at least 4 members (excludes halogenated alkanes) is 3. The number of hydrogen-bond donors (Lipinski definition) is 0. The van der Waals surface area contributed by atoms with Crippen LogP contribution in [0.4, 0.5) is 0 Å². The third-order valence-corrected chi connectivity index (χ3v) is 3.24. The second kappa shape index (κ2) is 9.23. The third kappa shape index (κ3) is 5.95. The number of aryl methyl sites for hydroxylation is 1. The molecule has 4 heteroatoms. The zero-order valence-electron chi connectivity index (χ0n) is 12.6. The maximum atomic E-state index is 11.0. The Hall–Kier alpha value is -1.71. The molecule has 0 radical (unpaired) electrons. The predicted octanol–water partition coefficient (Wildman–Crippen LogP) is 3.37. The topological polar surface area (TPSA) is 44.8 Å². The number of esters is 1. The minimum Gasteiger partial charge on any atom is -0.497 e. The Morgan fingerprint density at radius 2 is 1.50 bits per heavy atom. The van der Waals surface area contributed by atoms with E-state index in [-0.39, 0.29) is 5.97 Å². The fourth-order valence-corrected chi connectivity index (χ4v) is 2.06. The number of benzene rings is 1. The quantitative estimate of drug-likeness (QED) is 0.514. The summed E-state index contributed by atoms with van der Waals surface area (Å²) in [5.74, 6) is 1.53. The van der Waals surface area contributed by atoms with E-state index < -0.39 is 0 Å². The van der Waals surface area contributed by atoms with Gasteiger partial charge in [0.2, 0.25) is 0 Å². The van der Waals surface area contributed by atoms with E-state index in [1.807, 2.05) is 18.2 Å². The molecule has 0 heterocycles. The molecule has 0 aliphatic heterocycles. The maximum Gasteiger partial charge on any atom is 0.305 e. The van der Waals surface area contributed by atoms with E-state index in [1.54, 1.807) is 14.2 Å². The molecular formula is C16H24O4. The van der Waals surface area contributed by atoms with E-state index in [4.69, 9.17) is 9.47 Å². The first-order valence-electron chi connectivity index (χ1n) is 6.98. The summed E-state index contributed by atoms with van der Waals surface area (Å²) in [5, 5.41) is 0. The second-order valence-corrected chi connectivity index (χ2v) is 4.71. The van der Waals surface area contributed by atoms with Gasteiger partial charge in [-0.05, 0) is 37.0 Å². The van der Waals surface area contributed by atoms with Gasteiger partial charge in [0.15, 0.2) is 0 Å². The third-order valence-electron chi connectivity index (χ3n) is 3.24. The molecule has 4 nitrogen and oxygen atoms in total. The summed E-state index contributed by atoms with van der Waals surface area (Å²) in [7, 11) is 4.75. The van der Waals surface area contributed by atoms with Crippen molar-refractivity contribution >= 4 is 5.97 Å². The molecule has 0 bridgehead atoms. The summed E-state index contributed by atoms with van der Waals surface area (Å²) in [4.78, 5) is 11.0. The predicted molar refractivity (Wildman–Crippen MR) is 78.4 cm³/mol. The van der Waals surface area contributed by atoms with Gasteiger partial charge in [0, 0.05) is 12.5 Å². The number of ether oxygens (including phenoxy) is 3. The van der Waals surface area contributed by atoms with Gasteiger partial charge >= 0.3 is 5.97 Å². The first-order valence-corrected chi connectivity index (χ1v) is 6.98. The highest BCUT2D eigenvalue weighted by Gasteiger charge is 2.03. The number of rotatable bonds is 9.